The fourth-order valence-corrected chi connectivity index (χ4v) is 2.39. The molecule has 0 spiro atoms. The predicted molar refractivity (Wildman–Crippen MR) is 94.4 cm³/mol. The number of ether oxygens (including phenoxy) is 1. The summed E-state index contributed by atoms with van der Waals surface area (Å²) in [7, 11) is 0. The number of amides is 1. The maximum atomic E-state index is 13.1. The van der Waals surface area contributed by atoms with Gasteiger partial charge in [0.15, 0.2) is 6.10 Å². The Morgan fingerprint density at radius 2 is 1.68 bits per heavy atom. The molecular formula is C19H17F7N2O3. The minimum atomic E-state index is -4.99. The van der Waals surface area contributed by atoms with Gasteiger partial charge in [0.2, 0.25) is 0 Å². The van der Waals surface area contributed by atoms with Crippen LogP contribution in [0.25, 0.3) is 0 Å². The average molecular weight is 454 g/mol. The fourth-order valence-electron chi connectivity index (χ4n) is 2.39. The summed E-state index contributed by atoms with van der Waals surface area (Å²) >= 11 is 0. The van der Waals surface area contributed by atoms with Gasteiger partial charge in [-0.1, -0.05) is 30.3 Å². The van der Waals surface area contributed by atoms with Crippen molar-refractivity contribution in [3.63, 3.8) is 0 Å². The highest BCUT2D eigenvalue weighted by molar-refractivity contribution is 5.93. The fraction of sp³-hybridized carbons (Fsp3) is 0.316. The molecular weight excluding hydrogens is 437 g/mol. The van der Waals surface area contributed by atoms with Crippen molar-refractivity contribution in [3.05, 3.63) is 65.7 Å². The van der Waals surface area contributed by atoms with Gasteiger partial charge in [-0.3, -0.25) is 10.2 Å². The molecule has 2 N–H and O–H groups in total. The minimum Gasteiger partial charge on any atom is -0.428 e. The highest BCUT2D eigenvalue weighted by atomic mass is 19.4. The van der Waals surface area contributed by atoms with Crippen molar-refractivity contribution in [2.45, 2.75) is 31.4 Å². The number of carbonyl (C=O) groups excluding carboxylic acids is 1. The molecule has 2 aromatic carbocycles. The first-order valence-electron chi connectivity index (χ1n) is 8.68. The van der Waals surface area contributed by atoms with E-state index in [2.05, 4.69) is 10.2 Å². The lowest BCUT2D eigenvalue weighted by Crippen LogP contribution is -2.49. The average Bonchev–Trinajstić information content (AvgIpc) is 2.67. The molecule has 0 saturated heterocycles. The highest BCUT2D eigenvalue weighted by Crippen LogP contribution is 2.28. The van der Waals surface area contributed by atoms with Crippen LogP contribution in [0.3, 0.4) is 0 Å². The van der Waals surface area contributed by atoms with Crippen LogP contribution in [0.1, 0.15) is 15.9 Å². The summed E-state index contributed by atoms with van der Waals surface area (Å²) in [6, 6.07) is 11.8. The van der Waals surface area contributed by atoms with E-state index in [1.807, 2.05) is 0 Å². The summed E-state index contributed by atoms with van der Waals surface area (Å²) in [5.41, 5.74) is 2.36. The minimum absolute atomic E-state index is 0.0466. The molecule has 5 nitrogen and oxygen atoms in total. The van der Waals surface area contributed by atoms with E-state index in [0.29, 0.717) is 0 Å². The van der Waals surface area contributed by atoms with Crippen LogP contribution in [0.2, 0.25) is 0 Å². The number of hydrogen-bond donors (Lipinski definition) is 2. The molecule has 0 bridgehead atoms. The van der Waals surface area contributed by atoms with Crippen LogP contribution in [0.15, 0.2) is 54.6 Å². The van der Waals surface area contributed by atoms with Crippen molar-refractivity contribution in [1.29, 1.82) is 0 Å². The summed E-state index contributed by atoms with van der Waals surface area (Å²) < 4.78 is 93.1. The smallest absolute Gasteiger partial charge is 0.428 e. The number of rotatable bonds is 9. The molecule has 0 aromatic heterocycles. The number of alkyl halides is 7. The standard InChI is InChI=1S/C19H17F7N2O3/c20-17(21)19(25,26)31-14-8-4-5-12(9-14)10-28(11-15(29)18(22,23)24)27-16(30)13-6-2-1-3-7-13/h1-9,15,17,29H,10-11H2,(H,27,30). The summed E-state index contributed by atoms with van der Waals surface area (Å²) in [4.78, 5) is 12.3. The van der Waals surface area contributed by atoms with Crippen LogP contribution >= 0.6 is 0 Å². The number of aliphatic hydroxyl groups is 1. The second kappa shape index (κ2) is 9.96. The Kier molecular flexibility index (Phi) is 7.85. The molecule has 12 heteroatoms. The number of nitrogens with zero attached hydrogens (tertiary/aromatic N) is 1. The SMILES string of the molecule is O=C(NN(Cc1cccc(OC(F)(F)C(F)F)c1)CC(O)C(F)(F)F)c1ccccc1. The second-order valence-electron chi connectivity index (χ2n) is 6.36. The Hall–Kier alpha value is -2.86. The third-order valence-corrected chi connectivity index (χ3v) is 3.85. The largest absolute Gasteiger partial charge is 0.461 e. The zero-order valence-electron chi connectivity index (χ0n) is 15.6. The van der Waals surface area contributed by atoms with Gasteiger partial charge in [-0.25, -0.2) is 5.01 Å². The summed E-state index contributed by atoms with van der Waals surface area (Å²) in [6.07, 6.45) is -16.7. The number of hydrogen-bond acceptors (Lipinski definition) is 4. The quantitative estimate of drug-likeness (QED) is 0.445. The summed E-state index contributed by atoms with van der Waals surface area (Å²) in [6.45, 7) is -1.57. The number of carbonyl (C=O) groups is 1. The van der Waals surface area contributed by atoms with E-state index in [0.717, 1.165) is 23.2 Å². The van der Waals surface area contributed by atoms with Crippen LogP contribution in [-0.4, -0.2) is 47.4 Å². The molecule has 31 heavy (non-hydrogen) atoms. The van der Waals surface area contributed by atoms with Crippen molar-refractivity contribution < 1.29 is 45.4 Å². The van der Waals surface area contributed by atoms with E-state index in [4.69, 9.17) is 0 Å². The zero-order valence-corrected chi connectivity index (χ0v) is 15.6. The van der Waals surface area contributed by atoms with Gasteiger partial charge < -0.3 is 9.84 Å². The molecule has 1 atom stereocenters. The van der Waals surface area contributed by atoms with Crippen LogP contribution in [0.4, 0.5) is 30.7 Å². The molecule has 1 unspecified atom stereocenters. The first-order chi connectivity index (χ1) is 14.4. The van der Waals surface area contributed by atoms with Crippen LogP contribution in [0.5, 0.6) is 5.75 Å². The Morgan fingerprint density at radius 3 is 2.26 bits per heavy atom. The molecule has 170 valence electrons. The molecule has 0 aliphatic heterocycles. The van der Waals surface area contributed by atoms with Crippen molar-refractivity contribution in [2.24, 2.45) is 0 Å². The van der Waals surface area contributed by atoms with Gasteiger partial charge >= 0.3 is 18.7 Å². The Balaban J connectivity index is 2.20. The normalized spacial score (nSPS) is 13.4. The van der Waals surface area contributed by atoms with E-state index < -0.39 is 49.6 Å². The van der Waals surface area contributed by atoms with Gasteiger partial charge in [-0.05, 0) is 29.8 Å². The molecule has 2 rings (SSSR count). The van der Waals surface area contributed by atoms with Crippen LogP contribution in [-0.2, 0) is 6.54 Å². The molecule has 0 heterocycles. The lowest BCUT2D eigenvalue weighted by Gasteiger charge is -2.27. The summed E-state index contributed by atoms with van der Waals surface area (Å²) in [5.74, 6) is -1.44. The van der Waals surface area contributed by atoms with Crippen molar-refractivity contribution in [2.75, 3.05) is 6.54 Å². The molecule has 0 saturated carbocycles. The van der Waals surface area contributed by atoms with Gasteiger partial charge in [0.05, 0.1) is 6.54 Å². The molecule has 1 amide bonds. The molecule has 0 aliphatic rings. The van der Waals surface area contributed by atoms with E-state index in [-0.39, 0.29) is 11.1 Å². The van der Waals surface area contributed by atoms with E-state index >= 15 is 0 Å². The monoisotopic (exact) mass is 454 g/mol. The molecule has 0 fully saturated rings. The van der Waals surface area contributed by atoms with Gasteiger partial charge in [0.1, 0.15) is 5.75 Å². The predicted octanol–water partition coefficient (Wildman–Crippen LogP) is 3.99. The Bertz CT molecular complexity index is 863. The Morgan fingerprint density at radius 1 is 1.03 bits per heavy atom. The third kappa shape index (κ3) is 7.40. The Labute approximate surface area is 172 Å². The second-order valence-corrected chi connectivity index (χ2v) is 6.36. The lowest BCUT2D eigenvalue weighted by atomic mass is 10.2. The van der Waals surface area contributed by atoms with Crippen LogP contribution < -0.4 is 10.2 Å². The maximum absolute atomic E-state index is 13.1. The summed E-state index contributed by atoms with van der Waals surface area (Å²) in [5, 5.41) is 10.1. The van der Waals surface area contributed by atoms with E-state index in [1.54, 1.807) is 6.07 Å². The van der Waals surface area contributed by atoms with Gasteiger partial charge in [0, 0.05) is 12.1 Å². The van der Waals surface area contributed by atoms with Crippen molar-refractivity contribution >= 4 is 5.91 Å². The van der Waals surface area contributed by atoms with Gasteiger partial charge in [0.25, 0.3) is 5.91 Å². The number of hydrazine groups is 1. The first-order valence-corrected chi connectivity index (χ1v) is 8.68. The highest BCUT2D eigenvalue weighted by Gasteiger charge is 2.44. The van der Waals surface area contributed by atoms with E-state index in [9.17, 15) is 40.6 Å². The van der Waals surface area contributed by atoms with Crippen LogP contribution in [0, 0.1) is 0 Å². The van der Waals surface area contributed by atoms with Gasteiger partial charge in [-0.2, -0.15) is 30.7 Å². The zero-order chi connectivity index (χ0) is 23.2. The first kappa shape index (κ1) is 24.4. The van der Waals surface area contributed by atoms with Gasteiger partial charge in [-0.15, -0.1) is 0 Å². The molecule has 0 aliphatic carbocycles. The van der Waals surface area contributed by atoms with Crippen molar-refractivity contribution in [1.82, 2.24) is 10.4 Å². The van der Waals surface area contributed by atoms with Crippen molar-refractivity contribution in [3.8, 4) is 5.75 Å². The topological polar surface area (TPSA) is 61.8 Å². The third-order valence-electron chi connectivity index (χ3n) is 3.85. The number of aliphatic hydroxyl groups excluding tert-OH is 1. The molecule has 2 aromatic rings. The molecule has 0 radical (unpaired) electrons. The van der Waals surface area contributed by atoms with E-state index in [1.165, 1.54) is 30.3 Å². The number of halogens is 7. The number of nitrogens with one attached hydrogen (secondary N) is 1. The number of benzene rings is 2. The lowest BCUT2D eigenvalue weighted by molar-refractivity contribution is -0.253. The maximum Gasteiger partial charge on any atom is 0.461 e.